The monoisotopic (exact) mass is 336 g/mol. The van der Waals surface area contributed by atoms with E-state index in [0.717, 1.165) is 16.7 Å². The summed E-state index contributed by atoms with van der Waals surface area (Å²) in [5, 5.41) is 4.94. The highest BCUT2D eigenvalue weighted by Gasteiger charge is 2.02. The number of H-pyrrole nitrogens is 2. The van der Waals surface area contributed by atoms with E-state index in [1.54, 1.807) is 6.20 Å². The maximum absolute atomic E-state index is 4.26. The maximum Gasteiger partial charge on any atom is 0.138 e. The Hall–Kier alpha value is -3.66. The first-order valence-electron chi connectivity index (χ1n) is 8.52. The molecule has 6 rings (SSSR count). The van der Waals surface area contributed by atoms with Gasteiger partial charge in [0.05, 0.1) is 11.7 Å². The van der Waals surface area contributed by atoms with E-state index in [4.69, 9.17) is 0 Å². The number of rotatable bonds is 0. The lowest BCUT2D eigenvalue weighted by Crippen LogP contribution is -1.71. The van der Waals surface area contributed by atoms with Crippen molar-refractivity contribution >= 4 is 43.7 Å². The van der Waals surface area contributed by atoms with Crippen molar-refractivity contribution in [3.8, 4) is 0 Å². The smallest absolute Gasteiger partial charge is 0.138 e. The molecule has 0 aliphatic carbocycles. The first-order chi connectivity index (χ1) is 12.9. The Bertz CT molecular complexity index is 1140. The highest BCUT2D eigenvalue weighted by atomic mass is 14.8. The van der Waals surface area contributed by atoms with Crippen molar-refractivity contribution in [1.29, 1.82) is 0 Å². The van der Waals surface area contributed by atoms with Crippen LogP contribution in [0.1, 0.15) is 0 Å². The van der Waals surface area contributed by atoms with Crippen molar-refractivity contribution in [2.75, 3.05) is 0 Å². The SMILES string of the molecule is c1ccc2c(c1)[nH]c1cnccc12.c1ccc2c(c1)[nH]c1ncccc12. The van der Waals surface area contributed by atoms with Crippen LogP contribution in [0.2, 0.25) is 0 Å². The van der Waals surface area contributed by atoms with E-state index >= 15 is 0 Å². The summed E-state index contributed by atoms with van der Waals surface area (Å²) in [7, 11) is 0. The zero-order valence-corrected chi connectivity index (χ0v) is 14.0. The van der Waals surface area contributed by atoms with E-state index in [2.05, 4.69) is 56.3 Å². The molecule has 0 amide bonds. The minimum absolute atomic E-state index is 0.962. The molecule has 0 radical (unpaired) electrons. The molecule has 0 fully saturated rings. The van der Waals surface area contributed by atoms with Gasteiger partial charge in [0.2, 0.25) is 0 Å². The summed E-state index contributed by atoms with van der Waals surface area (Å²) in [6.45, 7) is 0. The van der Waals surface area contributed by atoms with E-state index < -0.39 is 0 Å². The third kappa shape index (κ3) is 2.40. The van der Waals surface area contributed by atoms with Crippen molar-refractivity contribution in [1.82, 2.24) is 19.9 Å². The molecule has 4 nitrogen and oxygen atoms in total. The van der Waals surface area contributed by atoms with E-state index in [1.165, 1.54) is 27.1 Å². The highest BCUT2D eigenvalue weighted by Crippen LogP contribution is 2.24. The number of nitrogens with zero attached hydrogens (tertiary/aromatic N) is 2. The lowest BCUT2D eigenvalue weighted by Gasteiger charge is -1.87. The fraction of sp³-hybridized carbons (Fsp3) is 0. The Morgan fingerprint density at radius 2 is 1.19 bits per heavy atom. The minimum atomic E-state index is 0.962. The number of nitrogens with one attached hydrogen (secondary N) is 2. The van der Waals surface area contributed by atoms with Crippen molar-refractivity contribution in [3.63, 3.8) is 0 Å². The van der Waals surface area contributed by atoms with Crippen molar-refractivity contribution in [2.45, 2.75) is 0 Å². The van der Waals surface area contributed by atoms with Crippen molar-refractivity contribution < 1.29 is 0 Å². The molecule has 4 heterocycles. The van der Waals surface area contributed by atoms with Crippen LogP contribution in [0, 0.1) is 0 Å². The van der Waals surface area contributed by atoms with Gasteiger partial charge < -0.3 is 9.97 Å². The summed E-state index contributed by atoms with van der Waals surface area (Å²) < 4.78 is 0. The van der Waals surface area contributed by atoms with Gasteiger partial charge in [-0.25, -0.2) is 4.98 Å². The summed E-state index contributed by atoms with van der Waals surface area (Å²) in [5.74, 6) is 0. The van der Waals surface area contributed by atoms with Crippen LogP contribution in [0.15, 0.2) is 85.3 Å². The Morgan fingerprint density at radius 3 is 2.04 bits per heavy atom. The van der Waals surface area contributed by atoms with E-state index in [0.29, 0.717) is 0 Å². The van der Waals surface area contributed by atoms with Crippen LogP contribution in [0.4, 0.5) is 0 Å². The lowest BCUT2D eigenvalue weighted by molar-refractivity contribution is 1.35. The molecule has 0 aliphatic heterocycles. The van der Waals surface area contributed by atoms with Crippen LogP contribution in [-0.2, 0) is 0 Å². The van der Waals surface area contributed by atoms with Crippen LogP contribution in [0.25, 0.3) is 43.7 Å². The summed E-state index contributed by atoms with van der Waals surface area (Å²) in [6.07, 6.45) is 5.48. The van der Waals surface area contributed by atoms with Crippen LogP contribution in [0.5, 0.6) is 0 Å². The third-order valence-electron chi connectivity index (χ3n) is 4.59. The van der Waals surface area contributed by atoms with Crippen LogP contribution < -0.4 is 0 Å². The Labute approximate surface area is 149 Å². The Balaban J connectivity index is 0.000000115. The fourth-order valence-corrected chi connectivity index (χ4v) is 3.38. The molecule has 4 aromatic heterocycles. The van der Waals surface area contributed by atoms with Crippen LogP contribution >= 0.6 is 0 Å². The molecule has 0 bridgehead atoms. The maximum atomic E-state index is 4.26. The van der Waals surface area contributed by atoms with E-state index in [-0.39, 0.29) is 0 Å². The molecule has 0 unspecified atom stereocenters. The molecule has 2 N–H and O–H groups in total. The number of benzene rings is 2. The van der Waals surface area contributed by atoms with Gasteiger partial charge in [-0.15, -0.1) is 0 Å². The average molecular weight is 336 g/mol. The Kier molecular flexibility index (Phi) is 3.39. The quantitative estimate of drug-likeness (QED) is 0.388. The first kappa shape index (κ1) is 14.7. The van der Waals surface area contributed by atoms with Gasteiger partial charge in [0.15, 0.2) is 0 Å². The minimum Gasteiger partial charge on any atom is -0.353 e. The second-order valence-corrected chi connectivity index (χ2v) is 6.16. The van der Waals surface area contributed by atoms with Gasteiger partial charge in [0.1, 0.15) is 5.65 Å². The molecule has 26 heavy (non-hydrogen) atoms. The normalized spacial score (nSPS) is 11.1. The summed E-state index contributed by atoms with van der Waals surface area (Å²) in [5.41, 5.74) is 4.38. The van der Waals surface area contributed by atoms with Crippen LogP contribution in [0.3, 0.4) is 0 Å². The number of hydrogen-bond acceptors (Lipinski definition) is 2. The molecule has 0 aliphatic rings. The van der Waals surface area contributed by atoms with Gasteiger partial charge in [-0.3, -0.25) is 4.98 Å². The molecular formula is C22H16N4. The number of fused-ring (bicyclic) bond motifs is 6. The third-order valence-corrected chi connectivity index (χ3v) is 4.59. The summed E-state index contributed by atoms with van der Waals surface area (Å²) in [4.78, 5) is 14.9. The molecule has 0 saturated carbocycles. The molecule has 124 valence electrons. The second-order valence-electron chi connectivity index (χ2n) is 6.16. The van der Waals surface area contributed by atoms with Gasteiger partial charge in [-0.05, 0) is 30.3 Å². The van der Waals surface area contributed by atoms with Crippen molar-refractivity contribution in [2.24, 2.45) is 0 Å². The molecule has 6 aromatic rings. The molecule has 2 aromatic carbocycles. The molecule has 0 saturated heterocycles. The summed E-state index contributed by atoms with van der Waals surface area (Å²) >= 11 is 0. The van der Waals surface area contributed by atoms with Gasteiger partial charge in [0.25, 0.3) is 0 Å². The van der Waals surface area contributed by atoms with Gasteiger partial charge in [0, 0.05) is 45.0 Å². The van der Waals surface area contributed by atoms with E-state index in [9.17, 15) is 0 Å². The lowest BCUT2D eigenvalue weighted by atomic mass is 10.2. The molecular weight excluding hydrogens is 320 g/mol. The molecule has 0 atom stereocenters. The second kappa shape index (κ2) is 6.01. The largest absolute Gasteiger partial charge is 0.353 e. The van der Waals surface area contributed by atoms with Gasteiger partial charge in [-0.2, -0.15) is 0 Å². The Morgan fingerprint density at radius 1 is 0.538 bits per heavy atom. The predicted octanol–water partition coefficient (Wildman–Crippen LogP) is 5.43. The standard InChI is InChI=1S/2C11H8N2/c1-2-6-10-8(4-1)9-5-3-7-12-11(9)13-10;1-2-4-10-8(3-1)9-5-6-12-7-11(9)13-10/h1-7H,(H,12,13);1-7,13H. The highest BCUT2D eigenvalue weighted by molar-refractivity contribution is 6.07. The predicted molar refractivity (Wildman–Crippen MR) is 107 cm³/mol. The zero-order chi connectivity index (χ0) is 17.3. The molecule has 0 spiro atoms. The number of aromatic amines is 2. The van der Waals surface area contributed by atoms with Crippen LogP contribution in [-0.4, -0.2) is 19.9 Å². The number of pyridine rings is 2. The van der Waals surface area contributed by atoms with Crippen molar-refractivity contribution in [3.05, 3.63) is 85.3 Å². The topological polar surface area (TPSA) is 57.4 Å². The number of para-hydroxylation sites is 2. The number of hydrogen-bond donors (Lipinski definition) is 2. The number of aromatic nitrogens is 4. The summed E-state index contributed by atoms with van der Waals surface area (Å²) in [6, 6.07) is 22.6. The average Bonchev–Trinajstić information content (AvgIpc) is 3.27. The fourth-order valence-electron chi connectivity index (χ4n) is 3.38. The van der Waals surface area contributed by atoms with Gasteiger partial charge >= 0.3 is 0 Å². The van der Waals surface area contributed by atoms with E-state index in [1.807, 2.05) is 42.7 Å². The first-order valence-corrected chi connectivity index (χ1v) is 8.52. The molecule has 4 heteroatoms. The van der Waals surface area contributed by atoms with Gasteiger partial charge in [-0.1, -0.05) is 36.4 Å². The zero-order valence-electron chi connectivity index (χ0n) is 14.0.